The first kappa shape index (κ1) is 27.2. The summed E-state index contributed by atoms with van der Waals surface area (Å²) in [4.78, 5) is 29.4. The largest absolute Gasteiger partial charge is 0.772 e. The zero-order valence-electron chi connectivity index (χ0n) is 20.7. The Balaban J connectivity index is 1.51. The van der Waals surface area contributed by atoms with Gasteiger partial charge in [-0.25, -0.2) is 4.98 Å². The Labute approximate surface area is 226 Å². The number of carbonyl (C=O) groups is 2. The summed E-state index contributed by atoms with van der Waals surface area (Å²) < 4.78 is 22.0. The van der Waals surface area contributed by atoms with Crippen molar-refractivity contribution in [2.45, 2.75) is 50.1 Å². The van der Waals surface area contributed by atoms with Crippen LogP contribution in [0.15, 0.2) is 53.6 Å². The van der Waals surface area contributed by atoms with Crippen LogP contribution in [0.5, 0.6) is 0 Å². The molecular weight excluding hydrogens is 529 g/mol. The number of amides is 1. The van der Waals surface area contributed by atoms with Crippen LogP contribution in [0.3, 0.4) is 0 Å². The molecule has 8 nitrogen and oxygen atoms in total. The minimum Gasteiger partial charge on any atom is -0.772 e. The number of hydrazone groups is 1. The molecule has 0 spiro atoms. The van der Waals surface area contributed by atoms with Gasteiger partial charge in [0.05, 0.1) is 28.2 Å². The van der Waals surface area contributed by atoms with Crippen molar-refractivity contribution in [3.63, 3.8) is 0 Å². The highest BCUT2D eigenvalue weighted by Crippen LogP contribution is 2.32. The minimum atomic E-state index is -2.14. The van der Waals surface area contributed by atoms with Gasteiger partial charge in [-0.05, 0) is 49.1 Å². The maximum atomic E-state index is 12.6. The van der Waals surface area contributed by atoms with Gasteiger partial charge in [0, 0.05) is 11.4 Å². The van der Waals surface area contributed by atoms with E-state index in [2.05, 4.69) is 17.2 Å². The van der Waals surface area contributed by atoms with Gasteiger partial charge in [0.15, 0.2) is 6.29 Å². The zero-order valence-corrected chi connectivity index (χ0v) is 23.1. The number of nitrogens with one attached hydrogen (secondary N) is 1. The van der Waals surface area contributed by atoms with Crippen molar-refractivity contribution < 1.29 is 18.4 Å². The van der Waals surface area contributed by atoms with Crippen LogP contribution in [-0.2, 0) is 28.2 Å². The first-order valence-electron chi connectivity index (χ1n) is 11.7. The smallest absolute Gasteiger partial charge is 0.267 e. The van der Waals surface area contributed by atoms with Gasteiger partial charge in [0.1, 0.15) is 10.3 Å². The molecule has 0 fully saturated rings. The number of thioether (sulfide) groups is 1. The standard InChI is InChI=1S/C26H28N4O4S3/c1-4-22-24(20-9-5-19(6-10-20)15-37(33)34)29-30(23(14-31)36-22)13-18-7-11-21(12-8-18)28-26(32)25-16(2)27-17(3)35-25/h5-12,14,22-23H,4,13,15H2,1-3H3,(H,28,32)(H,33,34)/p-1. The molecule has 2 aromatic carbocycles. The number of nitrogens with zero attached hydrogens (tertiary/aromatic N) is 3. The Morgan fingerprint density at radius 3 is 2.38 bits per heavy atom. The molecule has 1 aliphatic heterocycles. The Bertz CT molecular complexity index is 1320. The number of hydrogen-bond donors (Lipinski definition) is 1. The molecule has 4 rings (SSSR count). The zero-order chi connectivity index (χ0) is 26.5. The number of thiazole rings is 1. The quantitative estimate of drug-likeness (QED) is 0.302. The molecule has 0 aliphatic carbocycles. The molecule has 37 heavy (non-hydrogen) atoms. The van der Waals surface area contributed by atoms with E-state index < -0.39 is 16.5 Å². The van der Waals surface area contributed by atoms with Crippen LogP contribution >= 0.6 is 23.1 Å². The van der Waals surface area contributed by atoms with Crippen molar-refractivity contribution in [1.29, 1.82) is 0 Å². The number of carbonyl (C=O) groups excluding carboxylic acids is 2. The van der Waals surface area contributed by atoms with E-state index in [-0.39, 0.29) is 16.9 Å². The molecule has 3 aromatic rings. The molecule has 11 heteroatoms. The molecule has 0 saturated heterocycles. The molecule has 1 aromatic heterocycles. The number of hydrogen-bond acceptors (Lipinski definition) is 9. The Hall–Kier alpha value is -2.86. The number of aldehydes is 1. The number of aromatic nitrogens is 1. The fourth-order valence-corrected chi connectivity index (χ4v) is 6.49. The fourth-order valence-electron chi connectivity index (χ4n) is 4.04. The highest BCUT2D eigenvalue weighted by atomic mass is 32.2. The van der Waals surface area contributed by atoms with Crippen LogP contribution in [0.2, 0.25) is 0 Å². The predicted octanol–water partition coefficient (Wildman–Crippen LogP) is 4.65. The van der Waals surface area contributed by atoms with Gasteiger partial charge in [-0.2, -0.15) is 5.10 Å². The molecule has 194 valence electrons. The summed E-state index contributed by atoms with van der Waals surface area (Å²) in [5.74, 6) is -0.213. The summed E-state index contributed by atoms with van der Waals surface area (Å²) in [6, 6.07) is 14.8. The molecule has 1 N–H and O–H groups in total. The van der Waals surface area contributed by atoms with Crippen molar-refractivity contribution >= 4 is 57.8 Å². The van der Waals surface area contributed by atoms with Crippen LogP contribution < -0.4 is 5.32 Å². The summed E-state index contributed by atoms with van der Waals surface area (Å²) in [5, 5.41) is 10.0. The number of anilines is 1. The summed E-state index contributed by atoms with van der Waals surface area (Å²) in [7, 11) is 0. The van der Waals surface area contributed by atoms with Gasteiger partial charge in [-0.15, -0.1) is 23.1 Å². The number of benzene rings is 2. The van der Waals surface area contributed by atoms with E-state index in [4.69, 9.17) is 5.10 Å². The Kier molecular flexibility index (Phi) is 8.91. The summed E-state index contributed by atoms with van der Waals surface area (Å²) in [5.41, 5.74) is 4.81. The lowest BCUT2D eigenvalue weighted by Crippen LogP contribution is -2.39. The van der Waals surface area contributed by atoms with E-state index in [9.17, 15) is 18.4 Å². The number of aryl methyl sites for hydroxylation is 2. The van der Waals surface area contributed by atoms with Crippen molar-refractivity contribution in [2.24, 2.45) is 5.10 Å². The average Bonchev–Trinajstić information content (AvgIpc) is 3.23. The Morgan fingerprint density at radius 1 is 1.14 bits per heavy atom. The van der Waals surface area contributed by atoms with Crippen molar-refractivity contribution in [1.82, 2.24) is 9.99 Å². The van der Waals surface area contributed by atoms with Gasteiger partial charge < -0.3 is 14.7 Å². The molecule has 2 heterocycles. The minimum absolute atomic E-state index is 0.0298. The molecule has 0 bridgehead atoms. The van der Waals surface area contributed by atoms with Crippen molar-refractivity contribution in [3.05, 3.63) is 80.8 Å². The summed E-state index contributed by atoms with van der Waals surface area (Å²) >= 11 is 0.780. The third kappa shape index (κ3) is 6.72. The van der Waals surface area contributed by atoms with Gasteiger partial charge in [0.2, 0.25) is 0 Å². The third-order valence-corrected chi connectivity index (χ3v) is 8.99. The van der Waals surface area contributed by atoms with E-state index in [0.29, 0.717) is 28.4 Å². The van der Waals surface area contributed by atoms with E-state index in [1.165, 1.54) is 11.3 Å². The second-order valence-corrected chi connectivity index (χ2v) is 12.0. The van der Waals surface area contributed by atoms with Gasteiger partial charge >= 0.3 is 0 Å². The van der Waals surface area contributed by atoms with E-state index >= 15 is 0 Å². The van der Waals surface area contributed by atoms with Crippen LogP contribution in [0, 0.1) is 13.8 Å². The van der Waals surface area contributed by atoms with Gasteiger partial charge in [-0.3, -0.25) is 14.0 Å². The Morgan fingerprint density at radius 2 is 1.81 bits per heavy atom. The maximum Gasteiger partial charge on any atom is 0.267 e. The fraction of sp³-hybridized carbons (Fsp3) is 0.308. The van der Waals surface area contributed by atoms with Crippen molar-refractivity contribution in [3.8, 4) is 0 Å². The van der Waals surface area contributed by atoms with Gasteiger partial charge in [0.25, 0.3) is 5.91 Å². The van der Waals surface area contributed by atoms with Crippen LogP contribution in [0.1, 0.15) is 50.4 Å². The SMILES string of the molecule is CCC1SC(C=O)N(Cc2ccc(NC(=O)c3sc(C)nc3C)cc2)N=C1c1ccc(CS(=O)[O-])cc1. The topological polar surface area (TPSA) is 115 Å². The molecule has 3 atom stereocenters. The lowest BCUT2D eigenvalue weighted by Gasteiger charge is -2.34. The average molecular weight is 556 g/mol. The molecule has 0 saturated carbocycles. The second-order valence-electron chi connectivity index (χ2n) is 8.59. The first-order valence-corrected chi connectivity index (χ1v) is 14.7. The van der Waals surface area contributed by atoms with Crippen molar-refractivity contribution in [2.75, 3.05) is 5.32 Å². The molecule has 3 unspecified atom stereocenters. The lowest BCUT2D eigenvalue weighted by molar-refractivity contribution is -0.110. The highest BCUT2D eigenvalue weighted by Gasteiger charge is 2.31. The summed E-state index contributed by atoms with van der Waals surface area (Å²) in [6.07, 6.45) is 1.72. The normalized spacial score (nSPS) is 18.3. The van der Waals surface area contributed by atoms with E-state index in [1.807, 2.05) is 50.2 Å². The second kappa shape index (κ2) is 12.1. The monoisotopic (exact) mass is 555 g/mol. The first-order chi connectivity index (χ1) is 17.8. The predicted molar refractivity (Wildman–Crippen MR) is 149 cm³/mol. The van der Waals surface area contributed by atoms with E-state index in [1.54, 1.807) is 28.9 Å². The molecule has 0 radical (unpaired) electrons. The molecular formula is C26H27N4O4S3-. The lowest BCUT2D eigenvalue weighted by atomic mass is 10.0. The van der Waals surface area contributed by atoms with Crippen LogP contribution in [0.25, 0.3) is 0 Å². The van der Waals surface area contributed by atoms with Gasteiger partial charge in [-0.1, -0.05) is 54.4 Å². The highest BCUT2D eigenvalue weighted by molar-refractivity contribution is 8.01. The van der Waals surface area contributed by atoms with E-state index in [0.717, 1.165) is 34.6 Å². The van der Waals surface area contributed by atoms with Crippen LogP contribution in [0.4, 0.5) is 5.69 Å². The maximum absolute atomic E-state index is 12.6. The molecule has 1 aliphatic rings. The van der Waals surface area contributed by atoms with Crippen LogP contribution in [-0.4, -0.2) is 47.3 Å². The molecule has 1 amide bonds. The third-order valence-electron chi connectivity index (χ3n) is 5.83. The summed E-state index contributed by atoms with van der Waals surface area (Å²) in [6.45, 7) is 6.17. The number of rotatable bonds is 9.